The summed E-state index contributed by atoms with van der Waals surface area (Å²) >= 11 is 0. The molecule has 3 aromatic rings. The third-order valence-electron chi connectivity index (χ3n) is 4.77. The number of amides is 1. The van der Waals surface area contributed by atoms with Crippen molar-refractivity contribution >= 4 is 22.5 Å². The zero-order valence-electron chi connectivity index (χ0n) is 16.1. The minimum Gasteiger partial charge on any atom is -0.506 e. The first-order valence-corrected chi connectivity index (χ1v) is 8.56. The number of hydrogen-bond donors (Lipinski definition) is 2. The third-order valence-corrected chi connectivity index (χ3v) is 4.77. The number of anilines is 1. The van der Waals surface area contributed by atoms with Crippen molar-refractivity contribution in [1.29, 1.82) is 0 Å². The number of ether oxygens (including phenoxy) is 1. The summed E-state index contributed by atoms with van der Waals surface area (Å²) in [6.07, 6.45) is -4.54. The van der Waals surface area contributed by atoms with E-state index in [1.807, 2.05) is 0 Å². The van der Waals surface area contributed by atoms with Crippen LogP contribution in [0.15, 0.2) is 41.2 Å². The van der Waals surface area contributed by atoms with Crippen molar-refractivity contribution in [2.45, 2.75) is 6.18 Å². The Hall–Kier alpha value is -3.69. The highest BCUT2D eigenvalue weighted by Gasteiger charge is 2.31. The number of alkyl halides is 3. The molecule has 0 fully saturated rings. The third kappa shape index (κ3) is 3.30. The minimum atomic E-state index is -4.54. The number of aromatic nitrogens is 1. The Morgan fingerprint density at radius 1 is 1.10 bits per heavy atom. The number of aromatic hydroxyl groups is 2. The van der Waals surface area contributed by atoms with E-state index in [1.54, 1.807) is 0 Å². The van der Waals surface area contributed by atoms with Gasteiger partial charge in [-0.05, 0) is 36.4 Å². The van der Waals surface area contributed by atoms with Crippen molar-refractivity contribution in [1.82, 2.24) is 4.57 Å². The Morgan fingerprint density at radius 2 is 1.70 bits per heavy atom. The van der Waals surface area contributed by atoms with Gasteiger partial charge in [0.2, 0.25) is 0 Å². The molecular weight excluding hydrogens is 405 g/mol. The number of benzene rings is 2. The van der Waals surface area contributed by atoms with E-state index in [0.29, 0.717) is 0 Å². The van der Waals surface area contributed by atoms with Crippen LogP contribution in [-0.2, 0) is 13.2 Å². The normalized spacial score (nSPS) is 11.5. The summed E-state index contributed by atoms with van der Waals surface area (Å²) in [5.41, 5.74) is -2.36. The fourth-order valence-corrected chi connectivity index (χ4v) is 3.15. The van der Waals surface area contributed by atoms with Crippen molar-refractivity contribution in [3.05, 3.63) is 57.9 Å². The summed E-state index contributed by atoms with van der Waals surface area (Å²) in [4.78, 5) is 26.7. The number of hydrogen-bond acceptors (Lipinski definition) is 5. The number of aryl methyl sites for hydroxylation is 1. The molecule has 2 aromatic carbocycles. The Kier molecular flexibility index (Phi) is 5.11. The standard InChI is InChI=1S/C20H17F3N2O5/c1-24(11-6-4-10(5-7-11)20(21,22)23)18(28)15-17(27)14-13(30-3)9-8-12(26)16(14)25(2)19(15)29/h4-9,26-27H,1-3H3. The fourth-order valence-electron chi connectivity index (χ4n) is 3.15. The van der Waals surface area contributed by atoms with Gasteiger partial charge in [0.1, 0.15) is 28.3 Å². The lowest BCUT2D eigenvalue weighted by molar-refractivity contribution is -0.137. The molecule has 0 radical (unpaired) electrons. The molecule has 0 saturated heterocycles. The smallest absolute Gasteiger partial charge is 0.416 e. The van der Waals surface area contributed by atoms with E-state index in [4.69, 9.17) is 4.74 Å². The molecule has 30 heavy (non-hydrogen) atoms. The van der Waals surface area contributed by atoms with Gasteiger partial charge in [0.25, 0.3) is 11.5 Å². The quantitative estimate of drug-likeness (QED) is 0.676. The lowest BCUT2D eigenvalue weighted by atomic mass is 10.1. The van der Waals surface area contributed by atoms with Gasteiger partial charge >= 0.3 is 6.18 Å². The number of halogens is 3. The second-order valence-electron chi connectivity index (χ2n) is 6.51. The predicted molar refractivity (Wildman–Crippen MR) is 103 cm³/mol. The maximum absolute atomic E-state index is 13.0. The number of pyridine rings is 1. The van der Waals surface area contributed by atoms with Crippen molar-refractivity contribution in [3.63, 3.8) is 0 Å². The molecular formula is C20H17F3N2O5. The molecule has 7 nitrogen and oxygen atoms in total. The number of carbonyl (C=O) groups is 1. The van der Waals surface area contributed by atoms with Crippen LogP contribution in [0.25, 0.3) is 10.9 Å². The van der Waals surface area contributed by atoms with Crippen LogP contribution in [0.3, 0.4) is 0 Å². The van der Waals surface area contributed by atoms with Gasteiger partial charge in [-0.2, -0.15) is 13.2 Å². The van der Waals surface area contributed by atoms with E-state index >= 15 is 0 Å². The molecule has 0 atom stereocenters. The van der Waals surface area contributed by atoms with E-state index in [1.165, 1.54) is 33.3 Å². The number of phenols is 1. The van der Waals surface area contributed by atoms with E-state index in [2.05, 4.69) is 0 Å². The first-order chi connectivity index (χ1) is 14.0. The molecule has 3 rings (SSSR count). The molecule has 0 bridgehead atoms. The van der Waals surface area contributed by atoms with Gasteiger partial charge in [-0.15, -0.1) is 0 Å². The van der Waals surface area contributed by atoms with Gasteiger partial charge in [-0.25, -0.2) is 0 Å². The molecule has 0 unspecified atom stereocenters. The van der Waals surface area contributed by atoms with E-state index < -0.39 is 34.5 Å². The zero-order valence-corrected chi connectivity index (χ0v) is 16.1. The lowest BCUT2D eigenvalue weighted by Gasteiger charge is -2.20. The van der Waals surface area contributed by atoms with Crippen LogP contribution in [0.4, 0.5) is 18.9 Å². The maximum atomic E-state index is 13.0. The van der Waals surface area contributed by atoms with Crippen LogP contribution in [0.1, 0.15) is 15.9 Å². The largest absolute Gasteiger partial charge is 0.506 e. The summed E-state index contributed by atoms with van der Waals surface area (Å²) in [6.45, 7) is 0. The van der Waals surface area contributed by atoms with Crippen LogP contribution in [0.5, 0.6) is 17.2 Å². The molecule has 2 N–H and O–H groups in total. The average Bonchev–Trinajstić information content (AvgIpc) is 2.70. The predicted octanol–water partition coefficient (Wildman–Crippen LogP) is 3.25. The number of carbonyl (C=O) groups excluding carboxylic acids is 1. The van der Waals surface area contributed by atoms with Crippen LogP contribution in [0.2, 0.25) is 0 Å². The molecule has 0 aliphatic heterocycles. The zero-order chi connectivity index (χ0) is 22.4. The summed E-state index contributed by atoms with van der Waals surface area (Å²) in [7, 11) is 3.87. The summed E-state index contributed by atoms with van der Waals surface area (Å²) in [5.74, 6) is -1.84. The Bertz CT molecular complexity index is 1200. The summed E-state index contributed by atoms with van der Waals surface area (Å²) < 4.78 is 44.4. The van der Waals surface area contributed by atoms with Gasteiger partial charge in [-0.1, -0.05) is 0 Å². The van der Waals surface area contributed by atoms with E-state index in [0.717, 1.165) is 33.7 Å². The fraction of sp³-hybridized carbons (Fsp3) is 0.200. The molecule has 0 spiro atoms. The summed E-state index contributed by atoms with van der Waals surface area (Å²) in [6, 6.07) is 6.40. The van der Waals surface area contributed by atoms with Crippen molar-refractivity contribution in [2.75, 3.05) is 19.1 Å². The molecule has 0 aliphatic carbocycles. The molecule has 0 aliphatic rings. The summed E-state index contributed by atoms with van der Waals surface area (Å²) in [5, 5.41) is 20.8. The number of methoxy groups -OCH3 is 1. The van der Waals surface area contributed by atoms with Gasteiger partial charge in [0, 0.05) is 19.8 Å². The SMILES string of the molecule is COc1ccc(O)c2c1c(O)c(C(=O)N(C)c1ccc(C(F)(F)F)cc1)c(=O)n2C. The molecule has 1 aromatic heterocycles. The molecule has 1 amide bonds. The number of fused-ring (bicyclic) bond motifs is 1. The number of nitrogens with zero attached hydrogens (tertiary/aromatic N) is 2. The molecule has 10 heteroatoms. The second kappa shape index (κ2) is 7.29. The lowest BCUT2D eigenvalue weighted by Crippen LogP contribution is -2.34. The topological polar surface area (TPSA) is 92.0 Å². The van der Waals surface area contributed by atoms with Crippen LogP contribution >= 0.6 is 0 Å². The minimum absolute atomic E-state index is 0.0365. The maximum Gasteiger partial charge on any atom is 0.416 e. The first kappa shape index (κ1) is 21.0. The second-order valence-corrected chi connectivity index (χ2v) is 6.51. The van der Waals surface area contributed by atoms with Crippen molar-refractivity contribution in [2.24, 2.45) is 7.05 Å². The van der Waals surface area contributed by atoms with E-state index in [9.17, 15) is 33.0 Å². The van der Waals surface area contributed by atoms with Gasteiger partial charge < -0.3 is 24.4 Å². The van der Waals surface area contributed by atoms with Crippen LogP contribution in [-0.4, -0.2) is 34.8 Å². The van der Waals surface area contributed by atoms with Gasteiger partial charge in [0.15, 0.2) is 0 Å². The van der Waals surface area contributed by atoms with Crippen molar-refractivity contribution < 1.29 is 32.9 Å². The highest BCUT2D eigenvalue weighted by Crippen LogP contribution is 2.39. The van der Waals surface area contributed by atoms with Crippen LogP contribution < -0.4 is 15.2 Å². The number of phenolic OH excluding ortho intramolecular Hbond substituents is 1. The molecule has 0 saturated carbocycles. The van der Waals surface area contributed by atoms with Gasteiger partial charge in [-0.3, -0.25) is 9.59 Å². The van der Waals surface area contributed by atoms with E-state index in [-0.39, 0.29) is 28.1 Å². The van der Waals surface area contributed by atoms with Crippen LogP contribution in [0, 0.1) is 0 Å². The van der Waals surface area contributed by atoms with Gasteiger partial charge in [0.05, 0.1) is 18.1 Å². The molecule has 158 valence electrons. The highest BCUT2D eigenvalue weighted by atomic mass is 19.4. The molecule has 1 heterocycles. The Labute approximate surface area is 168 Å². The monoisotopic (exact) mass is 422 g/mol. The Morgan fingerprint density at radius 3 is 2.23 bits per heavy atom. The van der Waals surface area contributed by atoms with Crippen molar-refractivity contribution in [3.8, 4) is 17.2 Å². The number of rotatable bonds is 3. The Balaban J connectivity index is 2.17. The first-order valence-electron chi connectivity index (χ1n) is 8.56. The average molecular weight is 422 g/mol. The highest BCUT2D eigenvalue weighted by molar-refractivity contribution is 6.11.